The van der Waals surface area contributed by atoms with E-state index in [1.54, 1.807) is 36.4 Å². The first-order valence-corrected chi connectivity index (χ1v) is 6.12. The highest BCUT2D eigenvalue weighted by Crippen LogP contribution is 2.19. The molecule has 2 aromatic rings. The van der Waals surface area contributed by atoms with Crippen molar-refractivity contribution in [2.24, 2.45) is 7.05 Å². The molecule has 6 heteroatoms. The average molecular weight is 280 g/mol. The number of rotatable bonds is 4. The van der Waals surface area contributed by atoms with Gasteiger partial charge in [-0.05, 0) is 19.1 Å². The lowest BCUT2D eigenvalue weighted by Crippen LogP contribution is -2.19. The highest BCUT2D eigenvalue weighted by molar-refractivity contribution is 6.31. The molecule has 0 radical (unpaired) electrons. The topological polar surface area (TPSA) is 60.1 Å². The maximum Gasteiger partial charge on any atom is 0.244 e. The van der Waals surface area contributed by atoms with Gasteiger partial charge < -0.3 is 9.73 Å². The zero-order valence-corrected chi connectivity index (χ0v) is 11.4. The quantitative estimate of drug-likeness (QED) is 0.874. The summed E-state index contributed by atoms with van der Waals surface area (Å²) in [7, 11) is 1.76. The molecule has 0 atom stereocenters. The Morgan fingerprint density at radius 3 is 3.00 bits per heavy atom. The van der Waals surface area contributed by atoms with Gasteiger partial charge in [0.1, 0.15) is 5.15 Å². The minimum Gasteiger partial charge on any atom is -0.472 e. The summed E-state index contributed by atoms with van der Waals surface area (Å²) in [6.07, 6.45) is 6.26. The first-order chi connectivity index (χ1) is 9.08. The van der Waals surface area contributed by atoms with Crippen molar-refractivity contribution in [3.05, 3.63) is 46.6 Å². The van der Waals surface area contributed by atoms with Crippen LogP contribution in [0.5, 0.6) is 0 Å². The highest BCUT2D eigenvalue weighted by Gasteiger charge is 2.08. The largest absolute Gasteiger partial charge is 0.472 e. The number of carbonyl (C=O) groups is 1. The molecule has 2 heterocycles. The van der Waals surface area contributed by atoms with Crippen LogP contribution < -0.4 is 5.32 Å². The smallest absolute Gasteiger partial charge is 0.244 e. The second kappa shape index (κ2) is 5.75. The summed E-state index contributed by atoms with van der Waals surface area (Å²) in [4.78, 5) is 11.6. The molecule has 19 heavy (non-hydrogen) atoms. The van der Waals surface area contributed by atoms with Crippen LogP contribution in [0.3, 0.4) is 0 Å². The van der Waals surface area contributed by atoms with E-state index in [-0.39, 0.29) is 5.91 Å². The van der Waals surface area contributed by atoms with E-state index >= 15 is 0 Å². The van der Waals surface area contributed by atoms with Crippen LogP contribution in [-0.4, -0.2) is 15.7 Å². The summed E-state index contributed by atoms with van der Waals surface area (Å²) in [6.45, 7) is 2.27. The zero-order chi connectivity index (χ0) is 13.8. The Kier molecular flexibility index (Phi) is 4.06. The Morgan fingerprint density at radius 1 is 1.63 bits per heavy atom. The van der Waals surface area contributed by atoms with Crippen LogP contribution in [0, 0.1) is 6.92 Å². The number of aromatic nitrogens is 2. The normalized spacial score (nSPS) is 11.1. The fourth-order valence-electron chi connectivity index (χ4n) is 1.64. The molecular formula is C13H14ClN3O2. The third kappa shape index (κ3) is 3.26. The molecule has 0 fully saturated rings. The number of aryl methyl sites for hydroxylation is 2. The summed E-state index contributed by atoms with van der Waals surface area (Å²) in [5.41, 5.74) is 2.45. The van der Waals surface area contributed by atoms with E-state index in [9.17, 15) is 4.79 Å². The van der Waals surface area contributed by atoms with Gasteiger partial charge >= 0.3 is 0 Å². The minimum atomic E-state index is -0.194. The summed E-state index contributed by atoms with van der Waals surface area (Å²) in [5, 5.41) is 7.42. The van der Waals surface area contributed by atoms with E-state index in [0.29, 0.717) is 11.7 Å². The number of amides is 1. The van der Waals surface area contributed by atoms with Gasteiger partial charge in [0.2, 0.25) is 5.91 Å². The number of halogens is 1. The first kappa shape index (κ1) is 13.4. The van der Waals surface area contributed by atoms with Gasteiger partial charge in [0.05, 0.1) is 18.2 Å². The van der Waals surface area contributed by atoms with Crippen LogP contribution in [0.15, 0.2) is 29.1 Å². The summed E-state index contributed by atoms with van der Waals surface area (Å²) >= 11 is 6.06. The maximum absolute atomic E-state index is 11.6. The van der Waals surface area contributed by atoms with E-state index in [1.807, 2.05) is 6.92 Å². The fourth-order valence-corrected chi connectivity index (χ4v) is 1.87. The summed E-state index contributed by atoms with van der Waals surface area (Å²) in [6, 6.07) is 1.80. The van der Waals surface area contributed by atoms with Crippen molar-refractivity contribution in [2.45, 2.75) is 13.5 Å². The van der Waals surface area contributed by atoms with E-state index < -0.39 is 0 Å². The Balaban J connectivity index is 1.96. The van der Waals surface area contributed by atoms with Crippen molar-refractivity contribution >= 4 is 23.6 Å². The molecule has 0 aliphatic rings. The van der Waals surface area contributed by atoms with Gasteiger partial charge in [0.15, 0.2) is 0 Å². The number of hydrogen-bond donors (Lipinski definition) is 1. The number of nitrogens with one attached hydrogen (secondary N) is 1. The molecular weight excluding hydrogens is 266 g/mol. The summed E-state index contributed by atoms with van der Waals surface area (Å²) in [5.74, 6) is -0.194. The van der Waals surface area contributed by atoms with Crippen LogP contribution in [-0.2, 0) is 18.4 Å². The SMILES string of the molecule is Cc1nn(C)c(Cl)c1C=CC(=O)NCc1ccoc1. The highest BCUT2D eigenvalue weighted by atomic mass is 35.5. The Labute approximate surface area is 115 Å². The molecule has 0 saturated heterocycles. The van der Waals surface area contributed by atoms with Crippen LogP contribution >= 0.6 is 11.6 Å². The van der Waals surface area contributed by atoms with Crippen molar-refractivity contribution in [3.8, 4) is 0 Å². The van der Waals surface area contributed by atoms with Gasteiger partial charge in [0, 0.05) is 30.8 Å². The van der Waals surface area contributed by atoms with Crippen molar-refractivity contribution < 1.29 is 9.21 Å². The molecule has 0 aliphatic heterocycles. The molecule has 5 nitrogen and oxygen atoms in total. The lowest BCUT2D eigenvalue weighted by atomic mass is 10.2. The van der Waals surface area contributed by atoms with Crippen LogP contribution in [0.25, 0.3) is 6.08 Å². The van der Waals surface area contributed by atoms with Gasteiger partial charge in [-0.25, -0.2) is 0 Å². The number of hydrogen-bond acceptors (Lipinski definition) is 3. The monoisotopic (exact) mass is 279 g/mol. The van der Waals surface area contributed by atoms with Crippen LogP contribution in [0.4, 0.5) is 0 Å². The van der Waals surface area contributed by atoms with E-state index in [4.69, 9.17) is 16.0 Å². The molecule has 0 spiro atoms. The first-order valence-electron chi connectivity index (χ1n) is 5.74. The molecule has 2 aromatic heterocycles. The van der Waals surface area contributed by atoms with E-state index in [0.717, 1.165) is 16.8 Å². The average Bonchev–Trinajstić information content (AvgIpc) is 2.96. The fraction of sp³-hybridized carbons (Fsp3) is 0.231. The standard InChI is InChI=1S/C13H14ClN3O2/c1-9-11(13(14)17(2)16-9)3-4-12(18)15-7-10-5-6-19-8-10/h3-6,8H,7H2,1-2H3,(H,15,18). The van der Waals surface area contributed by atoms with Crippen molar-refractivity contribution in [2.75, 3.05) is 0 Å². The Bertz CT molecular complexity index is 600. The molecule has 0 aromatic carbocycles. The number of furan rings is 1. The molecule has 0 aliphatic carbocycles. The predicted octanol–water partition coefficient (Wildman–Crippen LogP) is 2.30. The lowest BCUT2D eigenvalue weighted by molar-refractivity contribution is -0.116. The molecule has 2 rings (SSSR count). The van der Waals surface area contributed by atoms with Crippen LogP contribution in [0.2, 0.25) is 5.15 Å². The molecule has 1 amide bonds. The van der Waals surface area contributed by atoms with Gasteiger partial charge in [-0.3, -0.25) is 9.48 Å². The van der Waals surface area contributed by atoms with Crippen LogP contribution in [0.1, 0.15) is 16.8 Å². The van der Waals surface area contributed by atoms with Gasteiger partial charge in [0.25, 0.3) is 0 Å². The summed E-state index contributed by atoms with van der Waals surface area (Å²) < 4.78 is 6.48. The molecule has 1 N–H and O–H groups in total. The third-order valence-corrected chi connectivity index (χ3v) is 3.09. The Hall–Kier alpha value is -2.01. The number of nitrogens with zero attached hydrogens (tertiary/aromatic N) is 2. The zero-order valence-electron chi connectivity index (χ0n) is 10.7. The lowest BCUT2D eigenvalue weighted by Gasteiger charge is -1.98. The number of carbonyl (C=O) groups excluding carboxylic acids is 1. The maximum atomic E-state index is 11.6. The third-order valence-electron chi connectivity index (χ3n) is 2.64. The minimum absolute atomic E-state index is 0.194. The van der Waals surface area contributed by atoms with Gasteiger partial charge in [-0.15, -0.1) is 0 Å². The van der Waals surface area contributed by atoms with Crippen molar-refractivity contribution in [1.82, 2.24) is 15.1 Å². The second-order valence-corrected chi connectivity index (χ2v) is 4.45. The van der Waals surface area contributed by atoms with E-state index in [2.05, 4.69) is 10.4 Å². The van der Waals surface area contributed by atoms with Gasteiger partial charge in [-0.1, -0.05) is 11.6 Å². The molecule has 0 saturated carbocycles. The van der Waals surface area contributed by atoms with E-state index in [1.165, 1.54) is 6.08 Å². The molecule has 100 valence electrons. The molecule has 0 unspecified atom stereocenters. The van der Waals surface area contributed by atoms with Gasteiger partial charge in [-0.2, -0.15) is 5.10 Å². The van der Waals surface area contributed by atoms with Crippen molar-refractivity contribution in [3.63, 3.8) is 0 Å². The molecule has 0 bridgehead atoms. The Morgan fingerprint density at radius 2 is 2.42 bits per heavy atom. The second-order valence-electron chi connectivity index (χ2n) is 4.10. The predicted molar refractivity (Wildman–Crippen MR) is 72.5 cm³/mol. The van der Waals surface area contributed by atoms with Crippen molar-refractivity contribution in [1.29, 1.82) is 0 Å².